The summed E-state index contributed by atoms with van der Waals surface area (Å²) in [5.74, 6) is -0.964. The number of halogens is 1. The number of rotatable bonds is 4. The molecule has 0 atom stereocenters. The number of hydrogen-bond acceptors (Lipinski definition) is 3. The van der Waals surface area contributed by atoms with E-state index in [-0.39, 0.29) is 18.8 Å². The molecule has 0 fully saturated rings. The van der Waals surface area contributed by atoms with Gasteiger partial charge in [0.15, 0.2) is 0 Å². The molecule has 0 unspecified atom stereocenters. The second-order valence-electron chi connectivity index (χ2n) is 3.10. The predicted octanol–water partition coefficient (Wildman–Crippen LogP) is 1.89. The molecule has 0 aliphatic carbocycles. The highest BCUT2D eigenvalue weighted by Gasteiger charge is 2.01. The van der Waals surface area contributed by atoms with Gasteiger partial charge in [-0.15, -0.1) is 0 Å². The number of benzene rings is 1. The number of aliphatic hydroxyl groups is 1. The van der Waals surface area contributed by atoms with Gasteiger partial charge in [-0.05, 0) is 30.7 Å². The van der Waals surface area contributed by atoms with Gasteiger partial charge in [0.25, 0.3) is 0 Å². The van der Waals surface area contributed by atoms with E-state index in [2.05, 4.69) is 4.74 Å². The van der Waals surface area contributed by atoms with E-state index < -0.39 is 11.8 Å². The minimum atomic E-state index is -0.517. The second-order valence-corrected chi connectivity index (χ2v) is 3.10. The highest BCUT2D eigenvalue weighted by molar-refractivity contribution is 5.87. The smallest absolute Gasteiger partial charge is 0.330 e. The summed E-state index contributed by atoms with van der Waals surface area (Å²) in [4.78, 5) is 11.0. The maximum absolute atomic E-state index is 13.3. The molecule has 0 heterocycles. The van der Waals surface area contributed by atoms with Crippen LogP contribution in [0.25, 0.3) is 6.08 Å². The summed E-state index contributed by atoms with van der Waals surface area (Å²) in [6.07, 6.45) is 2.48. The molecule has 1 N–H and O–H groups in total. The number of esters is 1. The Morgan fingerprint density at radius 1 is 1.56 bits per heavy atom. The molecule has 4 heteroatoms. The number of hydrogen-bond donors (Lipinski definition) is 1. The molecule has 0 aliphatic heterocycles. The van der Waals surface area contributed by atoms with Crippen LogP contribution in [0.4, 0.5) is 4.39 Å². The van der Waals surface area contributed by atoms with Gasteiger partial charge < -0.3 is 9.84 Å². The lowest BCUT2D eigenvalue weighted by molar-refractivity contribution is -0.137. The van der Waals surface area contributed by atoms with Crippen molar-refractivity contribution in [3.8, 4) is 0 Å². The Hall–Kier alpha value is -1.68. The van der Waals surface area contributed by atoms with Gasteiger partial charge in [-0.25, -0.2) is 9.18 Å². The summed E-state index contributed by atoms with van der Waals surface area (Å²) in [6.45, 7) is 1.81. The normalized spacial score (nSPS) is 10.7. The molecule has 0 bridgehead atoms. The zero-order valence-electron chi connectivity index (χ0n) is 8.94. The lowest BCUT2D eigenvalue weighted by atomic mass is 10.1. The predicted molar refractivity (Wildman–Crippen MR) is 58.0 cm³/mol. The molecule has 0 amide bonds. The number of aliphatic hydroxyl groups excluding tert-OH is 1. The Balaban J connectivity index is 2.83. The van der Waals surface area contributed by atoms with Crippen LogP contribution in [0, 0.1) is 5.82 Å². The fourth-order valence-electron chi connectivity index (χ4n) is 1.17. The van der Waals surface area contributed by atoms with Crippen LogP contribution in [0.1, 0.15) is 18.1 Å². The molecule has 16 heavy (non-hydrogen) atoms. The van der Waals surface area contributed by atoms with E-state index >= 15 is 0 Å². The van der Waals surface area contributed by atoms with E-state index in [0.717, 1.165) is 6.08 Å². The Labute approximate surface area is 93.2 Å². The van der Waals surface area contributed by atoms with Crippen LogP contribution in [0.15, 0.2) is 24.3 Å². The molecule has 3 nitrogen and oxygen atoms in total. The fraction of sp³-hybridized carbons (Fsp3) is 0.250. The molecule has 86 valence electrons. The summed E-state index contributed by atoms with van der Waals surface area (Å²) in [7, 11) is 0. The van der Waals surface area contributed by atoms with E-state index in [4.69, 9.17) is 5.11 Å². The molecule has 0 aliphatic rings. The van der Waals surface area contributed by atoms with Crippen LogP contribution < -0.4 is 0 Å². The molecule has 0 saturated carbocycles. The van der Waals surface area contributed by atoms with Crippen molar-refractivity contribution in [2.24, 2.45) is 0 Å². The third-order valence-corrected chi connectivity index (χ3v) is 1.93. The first kappa shape index (κ1) is 12.4. The van der Waals surface area contributed by atoms with E-state index in [1.54, 1.807) is 6.92 Å². The van der Waals surface area contributed by atoms with Crippen molar-refractivity contribution in [3.05, 3.63) is 41.2 Å². The van der Waals surface area contributed by atoms with Crippen molar-refractivity contribution >= 4 is 12.0 Å². The van der Waals surface area contributed by atoms with Gasteiger partial charge in [0, 0.05) is 11.6 Å². The molecular weight excluding hydrogens is 211 g/mol. The van der Waals surface area contributed by atoms with E-state index in [0.29, 0.717) is 5.56 Å². The number of carbonyl (C=O) groups is 1. The van der Waals surface area contributed by atoms with Gasteiger partial charge >= 0.3 is 5.97 Å². The molecule has 0 aromatic heterocycles. The summed E-state index contributed by atoms with van der Waals surface area (Å²) in [5, 5.41) is 8.88. The first-order valence-corrected chi connectivity index (χ1v) is 4.91. The molecule has 1 aromatic rings. The SMILES string of the molecule is CCOC(=O)C=Cc1cc(CO)ccc1F. The fourth-order valence-corrected chi connectivity index (χ4v) is 1.17. The van der Waals surface area contributed by atoms with Crippen LogP contribution in [-0.4, -0.2) is 17.7 Å². The molecule has 0 radical (unpaired) electrons. The standard InChI is InChI=1S/C12H13FO3/c1-2-16-12(15)6-4-10-7-9(8-14)3-5-11(10)13/h3-7,14H,2,8H2,1H3. The lowest BCUT2D eigenvalue weighted by Crippen LogP contribution is -1.99. The Kier molecular flexibility index (Phi) is 4.66. The topological polar surface area (TPSA) is 46.5 Å². The molecule has 1 rings (SSSR count). The summed E-state index contributed by atoms with van der Waals surface area (Å²) >= 11 is 0. The van der Waals surface area contributed by atoms with Crippen molar-refractivity contribution in [2.75, 3.05) is 6.61 Å². The van der Waals surface area contributed by atoms with Gasteiger partial charge in [0.05, 0.1) is 13.2 Å². The summed E-state index contributed by atoms with van der Waals surface area (Å²) in [6, 6.07) is 4.21. The van der Waals surface area contributed by atoms with Crippen LogP contribution in [0.2, 0.25) is 0 Å². The quantitative estimate of drug-likeness (QED) is 0.627. The van der Waals surface area contributed by atoms with Crippen LogP contribution in [0.5, 0.6) is 0 Å². The Bertz CT molecular complexity index is 399. The Morgan fingerprint density at radius 3 is 2.94 bits per heavy atom. The lowest BCUT2D eigenvalue weighted by Gasteiger charge is -2.00. The van der Waals surface area contributed by atoms with Crippen molar-refractivity contribution < 1.29 is 19.0 Å². The van der Waals surface area contributed by atoms with Crippen molar-refractivity contribution in [3.63, 3.8) is 0 Å². The summed E-state index contributed by atoms with van der Waals surface area (Å²) < 4.78 is 17.9. The third kappa shape index (κ3) is 3.47. The first-order chi connectivity index (χ1) is 7.67. The average Bonchev–Trinajstić information content (AvgIpc) is 2.28. The van der Waals surface area contributed by atoms with Gasteiger partial charge in [-0.2, -0.15) is 0 Å². The number of carbonyl (C=O) groups excluding carboxylic acids is 1. The van der Waals surface area contributed by atoms with Gasteiger partial charge in [-0.1, -0.05) is 6.07 Å². The number of ether oxygens (including phenoxy) is 1. The maximum atomic E-state index is 13.3. The largest absolute Gasteiger partial charge is 0.463 e. The van der Waals surface area contributed by atoms with Crippen LogP contribution in [0.3, 0.4) is 0 Å². The minimum absolute atomic E-state index is 0.166. The van der Waals surface area contributed by atoms with Gasteiger partial charge in [0.1, 0.15) is 5.82 Å². The average molecular weight is 224 g/mol. The van der Waals surface area contributed by atoms with E-state index in [1.807, 2.05) is 0 Å². The third-order valence-electron chi connectivity index (χ3n) is 1.93. The highest BCUT2D eigenvalue weighted by atomic mass is 19.1. The summed E-state index contributed by atoms with van der Waals surface area (Å²) in [5.41, 5.74) is 0.838. The van der Waals surface area contributed by atoms with Crippen molar-refractivity contribution in [2.45, 2.75) is 13.5 Å². The van der Waals surface area contributed by atoms with E-state index in [1.165, 1.54) is 24.3 Å². The van der Waals surface area contributed by atoms with Gasteiger partial charge in [0.2, 0.25) is 0 Å². The highest BCUT2D eigenvalue weighted by Crippen LogP contribution is 2.12. The second kappa shape index (κ2) is 6.02. The maximum Gasteiger partial charge on any atom is 0.330 e. The van der Waals surface area contributed by atoms with Gasteiger partial charge in [-0.3, -0.25) is 0 Å². The van der Waals surface area contributed by atoms with E-state index in [9.17, 15) is 9.18 Å². The van der Waals surface area contributed by atoms with Crippen molar-refractivity contribution in [1.82, 2.24) is 0 Å². The zero-order valence-corrected chi connectivity index (χ0v) is 8.94. The van der Waals surface area contributed by atoms with Crippen molar-refractivity contribution in [1.29, 1.82) is 0 Å². The van der Waals surface area contributed by atoms with Crippen LogP contribution in [-0.2, 0) is 16.1 Å². The zero-order chi connectivity index (χ0) is 12.0. The minimum Gasteiger partial charge on any atom is -0.463 e. The molecule has 0 spiro atoms. The monoisotopic (exact) mass is 224 g/mol. The Morgan fingerprint density at radius 2 is 2.31 bits per heavy atom. The van der Waals surface area contributed by atoms with Crippen LogP contribution >= 0.6 is 0 Å². The molecular formula is C12H13FO3. The first-order valence-electron chi connectivity index (χ1n) is 4.91. The molecule has 0 saturated heterocycles. The molecule has 1 aromatic carbocycles.